The summed E-state index contributed by atoms with van der Waals surface area (Å²) in [5, 5.41) is 17.2. The molecule has 0 saturated heterocycles. The molecule has 3 rings (SSSR count). The maximum atomic E-state index is 11.8. The van der Waals surface area contributed by atoms with Crippen molar-refractivity contribution in [2.75, 3.05) is 10.6 Å². The molecule has 96 valence electrons. The number of carbonyl (C=O) groups excluding carboxylic acids is 1. The van der Waals surface area contributed by atoms with E-state index in [0.717, 1.165) is 10.9 Å². The summed E-state index contributed by atoms with van der Waals surface area (Å²) >= 11 is 0. The summed E-state index contributed by atoms with van der Waals surface area (Å²) < 4.78 is 1.58. The molecule has 0 bridgehead atoms. The number of fused-ring (bicyclic) bond motifs is 1. The summed E-state index contributed by atoms with van der Waals surface area (Å²) in [4.78, 5) is 11.8. The van der Waals surface area contributed by atoms with Gasteiger partial charge in [-0.2, -0.15) is 10.2 Å². The number of nitrogens with zero attached hydrogens (tertiary/aromatic N) is 3. The first-order chi connectivity index (χ1) is 9.22. The predicted octanol–water partition coefficient (Wildman–Crippen LogP) is 1.94. The van der Waals surface area contributed by atoms with Crippen LogP contribution >= 0.6 is 0 Å². The van der Waals surface area contributed by atoms with Gasteiger partial charge in [0.15, 0.2) is 0 Å². The van der Waals surface area contributed by atoms with Crippen molar-refractivity contribution in [1.82, 2.24) is 20.0 Å². The highest BCUT2D eigenvalue weighted by Gasteiger charge is 2.06. The van der Waals surface area contributed by atoms with Crippen LogP contribution < -0.4 is 10.6 Å². The van der Waals surface area contributed by atoms with Gasteiger partial charge >= 0.3 is 6.03 Å². The van der Waals surface area contributed by atoms with Crippen LogP contribution in [0.5, 0.6) is 0 Å². The normalized spacial score (nSPS) is 10.6. The van der Waals surface area contributed by atoms with Gasteiger partial charge in [-0.25, -0.2) is 4.79 Å². The first kappa shape index (κ1) is 11.3. The van der Waals surface area contributed by atoms with E-state index in [1.807, 2.05) is 18.2 Å². The Kier molecular flexibility index (Phi) is 2.64. The molecular weight excluding hydrogens is 244 g/mol. The maximum Gasteiger partial charge on any atom is 0.324 e. The summed E-state index contributed by atoms with van der Waals surface area (Å²) in [5.41, 5.74) is 1.56. The molecular formula is C12H12N6O. The summed E-state index contributed by atoms with van der Waals surface area (Å²) in [7, 11) is 1.76. The minimum absolute atomic E-state index is 0.317. The van der Waals surface area contributed by atoms with E-state index in [4.69, 9.17) is 0 Å². The van der Waals surface area contributed by atoms with Crippen LogP contribution in [0.4, 0.5) is 16.3 Å². The van der Waals surface area contributed by atoms with Gasteiger partial charge in [0.25, 0.3) is 0 Å². The largest absolute Gasteiger partial charge is 0.324 e. The van der Waals surface area contributed by atoms with Crippen molar-refractivity contribution in [3.8, 4) is 0 Å². The van der Waals surface area contributed by atoms with Gasteiger partial charge in [-0.1, -0.05) is 0 Å². The molecule has 1 aromatic carbocycles. The van der Waals surface area contributed by atoms with E-state index in [9.17, 15) is 4.79 Å². The molecule has 3 N–H and O–H groups in total. The number of rotatable bonds is 2. The van der Waals surface area contributed by atoms with E-state index < -0.39 is 0 Å². The minimum atomic E-state index is -0.317. The number of amides is 2. The van der Waals surface area contributed by atoms with Gasteiger partial charge in [-0.3, -0.25) is 15.1 Å². The van der Waals surface area contributed by atoms with Crippen LogP contribution in [0, 0.1) is 0 Å². The molecule has 7 nitrogen and oxygen atoms in total. The number of aryl methyl sites for hydroxylation is 1. The van der Waals surface area contributed by atoms with Crippen LogP contribution in [0.2, 0.25) is 0 Å². The van der Waals surface area contributed by atoms with E-state index >= 15 is 0 Å². The molecule has 3 aromatic rings. The Morgan fingerprint density at radius 2 is 2.21 bits per heavy atom. The number of aromatic amines is 1. The lowest BCUT2D eigenvalue weighted by atomic mass is 10.2. The van der Waals surface area contributed by atoms with Crippen LogP contribution in [0.15, 0.2) is 36.7 Å². The van der Waals surface area contributed by atoms with Crippen molar-refractivity contribution in [3.05, 3.63) is 36.7 Å². The number of urea groups is 1. The van der Waals surface area contributed by atoms with Crippen LogP contribution in [0.25, 0.3) is 10.9 Å². The zero-order valence-corrected chi connectivity index (χ0v) is 10.2. The highest BCUT2D eigenvalue weighted by molar-refractivity contribution is 6.00. The first-order valence-electron chi connectivity index (χ1n) is 5.71. The van der Waals surface area contributed by atoms with Crippen molar-refractivity contribution < 1.29 is 4.79 Å². The second-order valence-corrected chi connectivity index (χ2v) is 4.09. The van der Waals surface area contributed by atoms with Crippen LogP contribution in [-0.2, 0) is 7.05 Å². The molecule has 0 aliphatic carbocycles. The average Bonchev–Trinajstić information content (AvgIpc) is 2.98. The number of hydrogen-bond acceptors (Lipinski definition) is 3. The molecule has 0 radical (unpaired) electrons. The smallest absolute Gasteiger partial charge is 0.308 e. The van der Waals surface area contributed by atoms with E-state index in [-0.39, 0.29) is 6.03 Å². The van der Waals surface area contributed by atoms with Crippen molar-refractivity contribution >= 4 is 28.4 Å². The quantitative estimate of drug-likeness (QED) is 0.654. The molecule has 0 atom stereocenters. The standard InChI is InChI=1S/C12H12N6O/c1-18-11(4-5-14-18)16-12(19)15-9-3-2-8-7-13-17-10(8)6-9/h2-7H,1H3,(H,13,17)(H2,15,16,19). The SMILES string of the molecule is Cn1nccc1NC(=O)Nc1ccc2cn[nH]c2c1. The number of hydrogen-bond donors (Lipinski definition) is 3. The Hall–Kier alpha value is -2.83. The molecule has 19 heavy (non-hydrogen) atoms. The van der Waals surface area contributed by atoms with Gasteiger partial charge in [-0.05, 0) is 18.2 Å². The Labute approximate surface area is 108 Å². The molecule has 0 aliphatic heterocycles. The molecule has 2 aromatic heterocycles. The summed E-state index contributed by atoms with van der Waals surface area (Å²) in [5.74, 6) is 0.625. The molecule has 0 saturated carbocycles. The third-order valence-corrected chi connectivity index (χ3v) is 2.76. The predicted molar refractivity (Wildman–Crippen MR) is 71.9 cm³/mol. The number of carbonyl (C=O) groups is 1. The minimum Gasteiger partial charge on any atom is -0.308 e. The number of aromatic nitrogens is 4. The monoisotopic (exact) mass is 256 g/mol. The lowest BCUT2D eigenvalue weighted by molar-refractivity contribution is 0.262. The zero-order valence-electron chi connectivity index (χ0n) is 10.2. The first-order valence-corrected chi connectivity index (χ1v) is 5.71. The summed E-state index contributed by atoms with van der Waals surface area (Å²) in [6.07, 6.45) is 3.35. The van der Waals surface area contributed by atoms with E-state index in [2.05, 4.69) is 25.9 Å². The highest BCUT2D eigenvalue weighted by Crippen LogP contribution is 2.16. The Bertz CT molecular complexity index is 728. The lowest BCUT2D eigenvalue weighted by Crippen LogP contribution is -2.20. The van der Waals surface area contributed by atoms with Crippen molar-refractivity contribution in [1.29, 1.82) is 0 Å². The highest BCUT2D eigenvalue weighted by atomic mass is 16.2. The van der Waals surface area contributed by atoms with Gasteiger partial charge in [0, 0.05) is 24.2 Å². The molecule has 0 aliphatic rings. The second kappa shape index (κ2) is 4.45. The van der Waals surface area contributed by atoms with Crippen molar-refractivity contribution in [3.63, 3.8) is 0 Å². The molecule has 2 heterocycles. The molecule has 0 unspecified atom stereocenters. The number of nitrogens with one attached hydrogen (secondary N) is 3. The van der Waals surface area contributed by atoms with E-state index in [1.165, 1.54) is 0 Å². The van der Waals surface area contributed by atoms with Gasteiger partial charge in [0.2, 0.25) is 0 Å². The molecule has 2 amide bonds. The Morgan fingerprint density at radius 1 is 1.32 bits per heavy atom. The van der Waals surface area contributed by atoms with E-state index in [0.29, 0.717) is 11.5 Å². The fourth-order valence-electron chi connectivity index (χ4n) is 1.79. The third kappa shape index (κ3) is 2.25. The fraction of sp³-hybridized carbons (Fsp3) is 0.0833. The maximum absolute atomic E-state index is 11.8. The Balaban J connectivity index is 1.73. The van der Waals surface area contributed by atoms with Gasteiger partial charge < -0.3 is 5.32 Å². The number of benzene rings is 1. The topological polar surface area (TPSA) is 87.6 Å². The summed E-state index contributed by atoms with van der Waals surface area (Å²) in [6.45, 7) is 0. The van der Waals surface area contributed by atoms with E-state index in [1.54, 1.807) is 30.2 Å². The van der Waals surface area contributed by atoms with Crippen molar-refractivity contribution in [2.24, 2.45) is 7.05 Å². The van der Waals surface area contributed by atoms with Crippen LogP contribution in [0.3, 0.4) is 0 Å². The van der Waals surface area contributed by atoms with Gasteiger partial charge in [-0.15, -0.1) is 0 Å². The van der Waals surface area contributed by atoms with Crippen LogP contribution in [-0.4, -0.2) is 26.0 Å². The Morgan fingerprint density at radius 3 is 3.00 bits per heavy atom. The van der Waals surface area contributed by atoms with Crippen molar-refractivity contribution in [2.45, 2.75) is 0 Å². The molecule has 0 fully saturated rings. The second-order valence-electron chi connectivity index (χ2n) is 4.09. The summed E-state index contributed by atoms with van der Waals surface area (Å²) in [6, 6.07) is 6.93. The average molecular weight is 256 g/mol. The fourth-order valence-corrected chi connectivity index (χ4v) is 1.79. The molecule has 0 spiro atoms. The number of H-pyrrole nitrogens is 1. The van der Waals surface area contributed by atoms with Gasteiger partial charge in [0.05, 0.1) is 17.9 Å². The number of anilines is 2. The van der Waals surface area contributed by atoms with Crippen LogP contribution in [0.1, 0.15) is 0 Å². The molecule has 7 heteroatoms. The zero-order chi connectivity index (χ0) is 13.2. The third-order valence-electron chi connectivity index (χ3n) is 2.76. The lowest BCUT2D eigenvalue weighted by Gasteiger charge is -2.07. The van der Waals surface area contributed by atoms with Gasteiger partial charge in [0.1, 0.15) is 5.82 Å².